The lowest BCUT2D eigenvalue weighted by Crippen LogP contribution is -2.23. The average molecular weight is 297 g/mol. The Labute approximate surface area is 128 Å². The van der Waals surface area contributed by atoms with Crippen molar-refractivity contribution in [1.29, 1.82) is 0 Å². The molecule has 0 spiro atoms. The molecule has 0 saturated carbocycles. The third kappa shape index (κ3) is 5.00. The van der Waals surface area contributed by atoms with Crippen molar-refractivity contribution in [2.75, 3.05) is 27.7 Å². The minimum atomic E-state index is -0.510. The van der Waals surface area contributed by atoms with E-state index in [-0.39, 0.29) is 5.92 Å². The van der Waals surface area contributed by atoms with E-state index >= 15 is 0 Å². The molecule has 1 atom stereocenters. The fourth-order valence-corrected chi connectivity index (χ4v) is 2.73. The van der Waals surface area contributed by atoms with E-state index in [0.717, 1.165) is 44.5 Å². The third-order valence-electron chi connectivity index (χ3n) is 3.87. The van der Waals surface area contributed by atoms with Crippen molar-refractivity contribution < 1.29 is 9.84 Å². The Kier molecular flexibility index (Phi) is 7.75. The van der Waals surface area contributed by atoms with Gasteiger partial charge in [-0.15, -0.1) is 0 Å². The van der Waals surface area contributed by atoms with Crippen molar-refractivity contribution in [2.24, 2.45) is 5.92 Å². The highest BCUT2D eigenvalue weighted by molar-refractivity contribution is 5.27. The smallest absolute Gasteiger partial charge is 0.162 e. The third-order valence-corrected chi connectivity index (χ3v) is 3.87. The molecule has 0 aliphatic heterocycles. The molecule has 0 aliphatic rings. The van der Waals surface area contributed by atoms with Crippen LogP contribution in [0.4, 0.5) is 0 Å². The van der Waals surface area contributed by atoms with Gasteiger partial charge in [-0.2, -0.15) is 5.10 Å². The molecule has 1 rings (SSSR count). The van der Waals surface area contributed by atoms with E-state index in [1.54, 1.807) is 13.3 Å². The molecule has 0 aliphatic carbocycles. The van der Waals surface area contributed by atoms with Crippen molar-refractivity contribution in [3.05, 3.63) is 11.9 Å². The van der Waals surface area contributed by atoms with E-state index in [2.05, 4.69) is 23.8 Å². The number of rotatable bonds is 10. The van der Waals surface area contributed by atoms with Gasteiger partial charge >= 0.3 is 0 Å². The maximum absolute atomic E-state index is 10.8. The molecule has 0 bridgehead atoms. The minimum absolute atomic E-state index is 0.267. The number of aliphatic hydroxyl groups excluding tert-OH is 1. The second kappa shape index (κ2) is 9.05. The molecular weight excluding hydrogens is 266 g/mol. The quantitative estimate of drug-likeness (QED) is 0.721. The fourth-order valence-electron chi connectivity index (χ4n) is 2.73. The maximum Gasteiger partial charge on any atom is 0.162 e. The highest BCUT2D eigenvalue weighted by atomic mass is 16.5. The van der Waals surface area contributed by atoms with Gasteiger partial charge in [-0.05, 0) is 32.9 Å². The summed E-state index contributed by atoms with van der Waals surface area (Å²) in [4.78, 5) is 2.11. The molecule has 1 aromatic heterocycles. The zero-order chi connectivity index (χ0) is 15.8. The molecular formula is C16H31N3O2. The van der Waals surface area contributed by atoms with Gasteiger partial charge in [0.25, 0.3) is 0 Å². The van der Waals surface area contributed by atoms with Crippen LogP contribution in [0.5, 0.6) is 5.75 Å². The average Bonchev–Trinajstić information content (AvgIpc) is 2.87. The van der Waals surface area contributed by atoms with Crippen LogP contribution < -0.4 is 4.74 Å². The summed E-state index contributed by atoms with van der Waals surface area (Å²) in [6.45, 7) is 5.97. The van der Waals surface area contributed by atoms with E-state index in [1.807, 2.05) is 18.8 Å². The Morgan fingerprint density at radius 1 is 1.29 bits per heavy atom. The monoisotopic (exact) mass is 297 g/mol. The predicted molar refractivity (Wildman–Crippen MR) is 85.6 cm³/mol. The van der Waals surface area contributed by atoms with E-state index in [4.69, 9.17) is 4.74 Å². The summed E-state index contributed by atoms with van der Waals surface area (Å²) in [5.74, 6) is 0.960. The first kappa shape index (κ1) is 18.0. The second-order valence-corrected chi connectivity index (χ2v) is 5.91. The lowest BCUT2D eigenvalue weighted by molar-refractivity contribution is 0.0845. The molecule has 0 fully saturated rings. The number of methoxy groups -OCH3 is 1. The normalized spacial score (nSPS) is 13.1. The fraction of sp³-hybridized carbons (Fsp3) is 0.812. The van der Waals surface area contributed by atoms with Gasteiger partial charge in [-0.3, -0.25) is 4.68 Å². The Morgan fingerprint density at radius 3 is 2.38 bits per heavy atom. The van der Waals surface area contributed by atoms with Crippen LogP contribution in [0.2, 0.25) is 0 Å². The summed E-state index contributed by atoms with van der Waals surface area (Å²) in [5, 5.41) is 15.2. The largest absolute Gasteiger partial charge is 0.493 e. The van der Waals surface area contributed by atoms with Crippen molar-refractivity contribution in [2.45, 2.75) is 52.2 Å². The molecule has 1 heterocycles. The summed E-state index contributed by atoms with van der Waals surface area (Å²) >= 11 is 0. The van der Waals surface area contributed by atoms with Crippen molar-refractivity contribution >= 4 is 0 Å². The standard InChI is InChI=1S/C16H31N3O2/c1-6-8-13(9-7-2)16(20)15-14(21-5)12-17-19(15)11-10-18(3)4/h12-13,16,20H,6-11H2,1-5H3. The molecule has 5 heteroatoms. The van der Waals surface area contributed by atoms with Gasteiger partial charge in [0.2, 0.25) is 0 Å². The van der Waals surface area contributed by atoms with Crippen LogP contribution >= 0.6 is 0 Å². The van der Waals surface area contributed by atoms with E-state index in [1.165, 1.54) is 0 Å². The lowest BCUT2D eigenvalue weighted by atomic mass is 9.90. The minimum Gasteiger partial charge on any atom is -0.493 e. The molecule has 21 heavy (non-hydrogen) atoms. The molecule has 1 N–H and O–H groups in total. The van der Waals surface area contributed by atoms with Crippen molar-refractivity contribution in [1.82, 2.24) is 14.7 Å². The Balaban J connectivity index is 2.97. The van der Waals surface area contributed by atoms with Crippen LogP contribution in [0.3, 0.4) is 0 Å². The highest BCUT2D eigenvalue weighted by Crippen LogP contribution is 2.34. The van der Waals surface area contributed by atoms with Crippen LogP contribution in [0, 0.1) is 5.92 Å². The summed E-state index contributed by atoms with van der Waals surface area (Å²) < 4.78 is 7.29. The summed E-state index contributed by atoms with van der Waals surface area (Å²) in [6, 6.07) is 0. The van der Waals surface area contributed by atoms with Crippen molar-refractivity contribution in [3.63, 3.8) is 0 Å². The van der Waals surface area contributed by atoms with Crippen LogP contribution in [-0.2, 0) is 6.54 Å². The number of nitrogens with zero attached hydrogens (tertiary/aromatic N) is 3. The molecule has 5 nitrogen and oxygen atoms in total. The molecule has 0 radical (unpaired) electrons. The Bertz CT molecular complexity index is 398. The van der Waals surface area contributed by atoms with Gasteiger partial charge in [0.05, 0.1) is 19.9 Å². The molecule has 122 valence electrons. The number of aliphatic hydroxyl groups is 1. The number of hydrogen-bond acceptors (Lipinski definition) is 4. The molecule has 0 aromatic carbocycles. The first-order valence-electron chi connectivity index (χ1n) is 7.97. The van der Waals surface area contributed by atoms with Gasteiger partial charge in [0.15, 0.2) is 5.75 Å². The Morgan fingerprint density at radius 2 is 1.90 bits per heavy atom. The zero-order valence-electron chi connectivity index (χ0n) is 14.2. The maximum atomic E-state index is 10.8. The van der Waals surface area contributed by atoms with E-state index in [9.17, 15) is 5.11 Å². The molecule has 1 unspecified atom stereocenters. The first-order chi connectivity index (χ1) is 10.0. The van der Waals surface area contributed by atoms with E-state index < -0.39 is 6.10 Å². The molecule has 0 saturated heterocycles. The molecule has 0 amide bonds. The Hall–Kier alpha value is -1.07. The first-order valence-corrected chi connectivity index (χ1v) is 7.97. The number of hydrogen-bond donors (Lipinski definition) is 1. The summed E-state index contributed by atoms with van der Waals surface area (Å²) in [5.41, 5.74) is 0.825. The topological polar surface area (TPSA) is 50.5 Å². The van der Waals surface area contributed by atoms with Crippen LogP contribution in [0.1, 0.15) is 51.3 Å². The zero-order valence-corrected chi connectivity index (χ0v) is 14.2. The van der Waals surface area contributed by atoms with Crippen molar-refractivity contribution in [3.8, 4) is 5.75 Å². The second-order valence-electron chi connectivity index (χ2n) is 5.91. The number of ether oxygens (including phenoxy) is 1. The van der Waals surface area contributed by atoms with Gasteiger partial charge < -0.3 is 14.7 Å². The van der Waals surface area contributed by atoms with Crippen LogP contribution in [0.15, 0.2) is 6.20 Å². The summed E-state index contributed by atoms with van der Waals surface area (Å²) in [7, 11) is 5.71. The number of likely N-dealkylation sites (N-methyl/N-ethyl adjacent to an activating group) is 1. The lowest BCUT2D eigenvalue weighted by Gasteiger charge is -2.24. The number of aromatic nitrogens is 2. The van der Waals surface area contributed by atoms with Crippen LogP contribution in [0.25, 0.3) is 0 Å². The SMILES string of the molecule is CCCC(CCC)C(O)c1c(OC)cnn1CCN(C)C. The molecule has 1 aromatic rings. The van der Waals surface area contributed by atoms with E-state index in [0.29, 0.717) is 5.75 Å². The predicted octanol–water partition coefficient (Wildman–Crippen LogP) is 2.70. The summed E-state index contributed by atoms with van der Waals surface area (Å²) in [6.07, 6.45) is 5.41. The highest BCUT2D eigenvalue weighted by Gasteiger charge is 2.26. The van der Waals surface area contributed by atoms with Gasteiger partial charge in [0.1, 0.15) is 11.8 Å². The van der Waals surface area contributed by atoms with Gasteiger partial charge in [-0.1, -0.05) is 26.7 Å². The van der Waals surface area contributed by atoms with Gasteiger partial charge in [-0.25, -0.2) is 0 Å². The van der Waals surface area contributed by atoms with Crippen LogP contribution in [-0.4, -0.2) is 47.5 Å². The van der Waals surface area contributed by atoms with Gasteiger partial charge in [0, 0.05) is 6.54 Å².